The van der Waals surface area contributed by atoms with E-state index >= 15 is 0 Å². The second-order valence-corrected chi connectivity index (χ2v) is 4.64. The highest BCUT2D eigenvalue weighted by atomic mass is 16.5. The van der Waals surface area contributed by atoms with Crippen LogP contribution in [0.2, 0.25) is 0 Å². The van der Waals surface area contributed by atoms with Crippen molar-refractivity contribution < 1.29 is 4.74 Å². The quantitative estimate of drug-likeness (QED) is 0.546. The molecule has 0 unspecified atom stereocenters. The van der Waals surface area contributed by atoms with Crippen LogP contribution < -0.4 is 5.73 Å². The summed E-state index contributed by atoms with van der Waals surface area (Å²) in [6.45, 7) is 3.88. The molecule has 0 saturated heterocycles. The molecule has 0 spiro atoms. The molecule has 1 rings (SSSR count). The standard InChI is InChI=1S/C12H25NO/c1-2-10-14-11-9-12(13)7-5-3-4-6-8-12/h2-11,13H2,1H3. The Morgan fingerprint density at radius 3 is 2.29 bits per heavy atom. The molecule has 0 heterocycles. The summed E-state index contributed by atoms with van der Waals surface area (Å²) in [4.78, 5) is 0. The molecule has 1 aliphatic rings. The summed E-state index contributed by atoms with van der Waals surface area (Å²) < 4.78 is 5.51. The zero-order chi connectivity index (χ0) is 10.3. The third-order valence-electron chi connectivity index (χ3n) is 3.19. The van der Waals surface area contributed by atoms with E-state index in [-0.39, 0.29) is 5.54 Å². The Kier molecular flexibility index (Phi) is 5.49. The molecule has 2 heteroatoms. The molecule has 0 radical (unpaired) electrons. The van der Waals surface area contributed by atoms with Crippen LogP contribution in [-0.2, 0) is 4.74 Å². The highest BCUT2D eigenvalue weighted by Crippen LogP contribution is 2.27. The van der Waals surface area contributed by atoms with Gasteiger partial charge in [-0.1, -0.05) is 32.6 Å². The van der Waals surface area contributed by atoms with Crippen molar-refractivity contribution in [2.75, 3.05) is 13.2 Å². The molecule has 0 aromatic rings. The largest absolute Gasteiger partial charge is 0.381 e. The number of rotatable bonds is 5. The van der Waals surface area contributed by atoms with E-state index in [1.807, 2.05) is 0 Å². The minimum Gasteiger partial charge on any atom is -0.381 e. The van der Waals surface area contributed by atoms with E-state index in [0.29, 0.717) is 0 Å². The van der Waals surface area contributed by atoms with Gasteiger partial charge in [0.2, 0.25) is 0 Å². The lowest BCUT2D eigenvalue weighted by molar-refractivity contribution is 0.111. The van der Waals surface area contributed by atoms with Crippen LogP contribution in [-0.4, -0.2) is 18.8 Å². The van der Waals surface area contributed by atoms with E-state index in [4.69, 9.17) is 10.5 Å². The summed E-state index contributed by atoms with van der Waals surface area (Å²) in [5.41, 5.74) is 6.45. The van der Waals surface area contributed by atoms with Crippen molar-refractivity contribution in [3.63, 3.8) is 0 Å². The predicted octanol–water partition coefficient (Wildman–Crippen LogP) is 2.85. The normalized spacial score (nSPS) is 21.9. The minimum atomic E-state index is 0.0875. The lowest BCUT2D eigenvalue weighted by Gasteiger charge is -2.27. The maximum Gasteiger partial charge on any atom is 0.0483 e. The monoisotopic (exact) mass is 199 g/mol. The third-order valence-corrected chi connectivity index (χ3v) is 3.19. The zero-order valence-corrected chi connectivity index (χ0v) is 9.56. The summed E-state index contributed by atoms with van der Waals surface area (Å²) in [6, 6.07) is 0. The Balaban J connectivity index is 2.17. The second-order valence-electron chi connectivity index (χ2n) is 4.64. The van der Waals surface area contributed by atoms with Gasteiger partial charge in [-0.2, -0.15) is 0 Å². The first kappa shape index (κ1) is 12.0. The molecule has 0 atom stereocenters. The molecule has 84 valence electrons. The van der Waals surface area contributed by atoms with Gasteiger partial charge in [0.25, 0.3) is 0 Å². The SMILES string of the molecule is CCCOCCC1(N)CCCCCC1. The minimum absolute atomic E-state index is 0.0875. The number of hydrogen-bond donors (Lipinski definition) is 1. The van der Waals surface area contributed by atoms with Crippen molar-refractivity contribution in [3.8, 4) is 0 Å². The van der Waals surface area contributed by atoms with Crippen molar-refractivity contribution >= 4 is 0 Å². The van der Waals surface area contributed by atoms with Crippen molar-refractivity contribution in [1.29, 1.82) is 0 Å². The first-order chi connectivity index (χ1) is 6.77. The molecule has 0 amide bonds. The number of nitrogens with two attached hydrogens (primary N) is 1. The first-order valence-electron chi connectivity index (χ1n) is 6.13. The van der Waals surface area contributed by atoms with Crippen LogP contribution in [0.3, 0.4) is 0 Å². The topological polar surface area (TPSA) is 35.2 Å². The average molecular weight is 199 g/mol. The fraction of sp³-hybridized carbons (Fsp3) is 1.00. The maximum atomic E-state index is 6.36. The van der Waals surface area contributed by atoms with Crippen LogP contribution in [0.1, 0.15) is 58.3 Å². The van der Waals surface area contributed by atoms with E-state index < -0.39 is 0 Å². The van der Waals surface area contributed by atoms with Gasteiger partial charge in [-0.05, 0) is 25.7 Å². The summed E-state index contributed by atoms with van der Waals surface area (Å²) in [6.07, 6.45) is 9.91. The Hall–Kier alpha value is -0.0800. The van der Waals surface area contributed by atoms with Gasteiger partial charge in [-0.3, -0.25) is 0 Å². The summed E-state index contributed by atoms with van der Waals surface area (Å²) >= 11 is 0. The average Bonchev–Trinajstić information content (AvgIpc) is 2.39. The van der Waals surface area contributed by atoms with Crippen molar-refractivity contribution in [2.24, 2.45) is 5.73 Å². The van der Waals surface area contributed by atoms with E-state index in [1.54, 1.807) is 0 Å². The number of hydrogen-bond acceptors (Lipinski definition) is 2. The van der Waals surface area contributed by atoms with Gasteiger partial charge >= 0.3 is 0 Å². The predicted molar refractivity (Wildman–Crippen MR) is 60.3 cm³/mol. The van der Waals surface area contributed by atoms with E-state index in [0.717, 1.165) is 26.1 Å². The number of ether oxygens (including phenoxy) is 1. The lowest BCUT2D eigenvalue weighted by atomic mass is 9.88. The highest BCUT2D eigenvalue weighted by Gasteiger charge is 2.25. The fourth-order valence-electron chi connectivity index (χ4n) is 2.20. The van der Waals surface area contributed by atoms with Crippen LogP contribution in [0.5, 0.6) is 0 Å². The van der Waals surface area contributed by atoms with Gasteiger partial charge in [-0.15, -0.1) is 0 Å². The molecule has 1 saturated carbocycles. The molecular formula is C12H25NO. The van der Waals surface area contributed by atoms with E-state index in [2.05, 4.69) is 6.92 Å². The van der Waals surface area contributed by atoms with Crippen molar-refractivity contribution in [1.82, 2.24) is 0 Å². The van der Waals surface area contributed by atoms with Gasteiger partial charge in [0.05, 0.1) is 0 Å². The van der Waals surface area contributed by atoms with Gasteiger partial charge in [0.15, 0.2) is 0 Å². The molecule has 14 heavy (non-hydrogen) atoms. The lowest BCUT2D eigenvalue weighted by Crippen LogP contribution is -2.40. The summed E-state index contributed by atoms with van der Waals surface area (Å²) in [5.74, 6) is 0. The van der Waals surface area contributed by atoms with Crippen LogP contribution in [0, 0.1) is 0 Å². The molecule has 2 N–H and O–H groups in total. The Bertz CT molecular complexity index is 139. The molecule has 0 aliphatic heterocycles. The van der Waals surface area contributed by atoms with Crippen LogP contribution >= 0.6 is 0 Å². The smallest absolute Gasteiger partial charge is 0.0483 e. The van der Waals surface area contributed by atoms with Gasteiger partial charge < -0.3 is 10.5 Å². The highest BCUT2D eigenvalue weighted by molar-refractivity contribution is 4.85. The Morgan fingerprint density at radius 1 is 1.07 bits per heavy atom. The van der Waals surface area contributed by atoms with Crippen LogP contribution in [0.4, 0.5) is 0 Å². The molecular weight excluding hydrogens is 174 g/mol. The van der Waals surface area contributed by atoms with Crippen molar-refractivity contribution in [3.05, 3.63) is 0 Å². The Labute approximate surface area is 88.2 Å². The third kappa shape index (κ3) is 4.43. The van der Waals surface area contributed by atoms with Gasteiger partial charge in [-0.25, -0.2) is 0 Å². The molecule has 2 nitrogen and oxygen atoms in total. The molecule has 0 bridgehead atoms. The van der Waals surface area contributed by atoms with Crippen molar-refractivity contribution in [2.45, 2.75) is 63.8 Å². The fourth-order valence-corrected chi connectivity index (χ4v) is 2.20. The van der Waals surface area contributed by atoms with E-state index in [1.165, 1.54) is 38.5 Å². The molecule has 1 aliphatic carbocycles. The maximum absolute atomic E-state index is 6.36. The van der Waals surface area contributed by atoms with E-state index in [9.17, 15) is 0 Å². The van der Waals surface area contributed by atoms with Gasteiger partial charge in [0, 0.05) is 18.8 Å². The molecule has 0 aromatic carbocycles. The molecule has 0 aromatic heterocycles. The zero-order valence-electron chi connectivity index (χ0n) is 9.56. The first-order valence-corrected chi connectivity index (χ1v) is 6.13. The summed E-state index contributed by atoms with van der Waals surface area (Å²) in [7, 11) is 0. The van der Waals surface area contributed by atoms with Crippen LogP contribution in [0.25, 0.3) is 0 Å². The molecule has 1 fully saturated rings. The summed E-state index contributed by atoms with van der Waals surface area (Å²) in [5, 5.41) is 0. The Morgan fingerprint density at radius 2 is 1.71 bits per heavy atom. The van der Waals surface area contributed by atoms with Gasteiger partial charge in [0.1, 0.15) is 0 Å². The van der Waals surface area contributed by atoms with Crippen LogP contribution in [0.15, 0.2) is 0 Å². The second kappa shape index (κ2) is 6.41.